The van der Waals surface area contributed by atoms with Crippen molar-refractivity contribution >= 4 is 31.3 Å². The van der Waals surface area contributed by atoms with Gasteiger partial charge in [0.25, 0.3) is 0 Å². The molecule has 0 saturated carbocycles. The molecule has 142 valence electrons. The van der Waals surface area contributed by atoms with E-state index in [1.54, 1.807) is 29.2 Å². The van der Waals surface area contributed by atoms with Crippen LogP contribution in [0.5, 0.6) is 0 Å². The number of nitrogens with one attached hydrogen (secondary N) is 2. The van der Waals surface area contributed by atoms with E-state index in [2.05, 4.69) is 10.6 Å². The number of sulfone groups is 2. The van der Waals surface area contributed by atoms with Crippen molar-refractivity contribution in [3.63, 3.8) is 0 Å². The quantitative estimate of drug-likeness (QED) is 0.661. The first kappa shape index (κ1) is 17.9. The summed E-state index contributed by atoms with van der Waals surface area (Å²) in [6.45, 7) is -0.0239. The highest BCUT2D eigenvalue weighted by Crippen LogP contribution is 2.31. The van der Waals surface area contributed by atoms with E-state index >= 15 is 0 Å². The van der Waals surface area contributed by atoms with Crippen molar-refractivity contribution in [3.05, 3.63) is 30.3 Å². The Hall–Kier alpha value is -1.49. The summed E-state index contributed by atoms with van der Waals surface area (Å²) in [5.41, 5.74) is 0.652. The van der Waals surface area contributed by atoms with Crippen LogP contribution in [-0.4, -0.2) is 81.4 Å². The number of rotatable bonds is 3. The molecule has 4 atom stereocenters. The Bertz CT molecular complexity index is 868. The molecule has 3 fully saturated rings. The fourth-order valence-corrected chi connectivity index (χ4v) is 8.16. The lowest BCUT2D eigenvalue weighted by Crippen LogP contribution is -2.67. The molecule has 0 spiro atoms. The second kappa shape index (κ2) is 6.29. The fourth-order valence-electron chi connectivity index (χ4n) is 4.27. The van der Waals surface area contributed by atoms with Crippen LogP contribution in [0.2, 0.25) is 0 Å². The lowest BCUT2D eigenvalue weighted by Gasteiger charge is -2.44. The van der Waals surface area contributed by atoms with Crippen LogP contribution in [-0.2, 0) is 24.5 Å². The zero-order valence-corrected chi connectivity index (χ0v) is 15.7. The normalized spacial score (nSPS) is 34.8. The van der Waals surface area contributed by atoms with Gasteiger partial charge in [0, 0.05) is 29.9 Å². The average Bonchev–Trinajstić information content (AvgIpc) is 3.01. The summed E-state index contributed by atoms with van der Waals surface area (Å²) in [7, 11) is -6.40. The van der Waals surface area contributed by atoms with Crippen molar-refractivity contribution in [2.45, 2.75) is 24.2 Å². The standard InChI is InChI=1S/C16H21N3O5S2/c20-16(17-11-4-2-1-3-5-11)6-19-14-9-25(21,22)7-12(14)18-13-8-26(23,24)10-15(13)19/h1-5,12-15,18H,6-10H2,(H,17,20). The third-order valence-electron chi connectivity index (χ3n) is 5.31. The summed E-state index contributed by atoms with van der Waals surface area (Å²) in [6.07, 6.45) is 0. The van der Waals surface area contributed by atoms with Gasteiger partial charge >= 0.3 is 0 Å². The molecule has 0 bridgehead atoms. The smallest absolute Gasteiger partial charge is 0.238 e. The van der Waals surface area contributed by atoms with Crippen molar-refractivity contribution in [1.29, 1.82) is 0 Å². The molecular formula is C16H21N3O5S2. The van der Waals surface area contributed by atoms with Crippen molar-refractivity contribution in [2.75, 3.05) is 34.9 Å². The molecule has 26 heavy (non-hydrogen) atoms. The van der Waals surface area contributed by atoms with E-state index < -0.39 is 19.7 Å². The molecule has 1 aromatic carbocycles. The number of carbonyl (C=O) groups excluding carboxylic acids is 1. The SMILES string of the molecule is O=C(CN1C2CS(=O)(=O)CC2NC2CS(=O)(=O)CC21)Nc1ccccc1. The van der Waals surface area contributed by atoms with E-state index in [1.165, 1.54) is 0 Å². The maximum absolute atomic E-state index is 12.5. The lowest BCUT2D eigenvalue weighted by molar-refractivity contribution is -0.119. The zero-order chi connectivity index (χ0) is 18.5. The number of benzene rings is 1. The zero-order valence-electron chi connectivity index (χ0n) is 14.0. The van der Waals surface area contributed by atoms with Gasteiger partial charge in [-0.2, -0.15) is 0 Å². The summed E-state index contributed by atoms with van der Waals surface area (Å²) < 4.78 is 48.3. The molecular weight excluding hydrogens is 378 g/mol. The van der Waals surface area contributed by atoms with Gasteiger partial charge in [0.05, 0.1) is 29.6 Å². The summed E-state index contributed by atoms with van der Waals surface area (Å²) >= 11 is 0. The summed E-state index contributed by atoms with van der Waals surface area (Å²) in [5.74, 6) is -0.404. The molecule has 0 aromatic heterocycles. The number of nitrogens with zero attached hydrogens (tertiary/aromatic N) is 1. The van der Waals surface area contributed by atoms with Gasteiger partial charge in [-0.1, -0.05) is 18.2 Å². The number of para-hydroxylation sites is 1. The van der Waals surface area contributed by atoms with Gasteiger partial charge in [-0.3, -0.25) is 9.69 Å². The van der Waals surface area contributed by atoms with Crippen molar-refractivity contribution in [1.82, 2.24) is 10.2 Å². The predicted octanol–water partition coefficient (Wildman–Crippen LogP) is -1.14. The molecule has 3 saturated heterocycles. The minimum absolute atomic E-state index is 0.0161. The Morgan fingerprint density at radius 1 is 0.962 bits per heavy atom. The lowest BCUT2D eigenvalue weighted by atomic mass is 9.97. The minimum atomic E-state index is -3.20. The van der Waals surface area contributed by atoms with E-state index in [1.807, 2.05) is 6.07 Å². The number of hydrogen-bond donors (Lipinski definition) is 2. The Morgan fingerprint density at radius 2 is 1.50 bits per heavy atom. The average molecular weight is 399 g/mol. The molecule has 4 unspecified atom stereocenters. The van der Waals surface area contributed by atoms with Gasteiger partial charge in [-0.25, -0.2) is 16.8 Å². The Morgan fingerprint density at radius 3 is 2.04 bits per heavy atom. The molecule has 8 nitrogen and oxygen atoms in total. The number of hydrogen-bond acceptors (Lipinski definition) is 7. The van der Waals surface area contributed by atoms with Gasteiger partial charge in [0.1, 0.15) is 0 Å². The van der Waals surface area contributed by atoms with Crippen LogP contribution < -0.4 is 10.6 Å². The van der Waals surface area contributed by atoms with E-state index in [4.69, 9.17) is 0 Å². The predicted molar refractivity (Wildman–Crippen MR) is 97.4 cm³/mol. The van der Waals surface area contributed by atoms with E-state index in [0.717, 1.165) is 0 Å². The maximum atomic E-state index is 12.5. The largest absolute Gasteiger partial charge is 0.325 e. The molecule has 0 radical (unpaired) electrons. The second-order valence-corrected chi connectivity index (χ2v) is 11.6. The highest BCUT2D eigenvalue weighted by molar-refractivity contribution is 7.92. The topological polar surface area (TPSA) is 113 Å². The number of fused-ring (bicyclic) bond motifs is 2. The minimum Gasteiger partial charge on any atom is -0.325 e. The molecule has 4 rings (SSSR count). The fraction of sp³-hybridized carbons (Fsp3) is 0.562. The summed E-state index contributed by atoms with van der Waals surface area (Å²) in [4.78, 5) is 14.3. The van der Waals surface area contributed by atoms with Crippen LogP contribution in [0.1, 0.15) is 0 Å². The third-order valence-corrected chi connectivity index (χ3v) is 8.74. The summed E-state index contributed by atoms with van der Waals surface area (Å²) in [5, 5.41) is 6.00. The molecule has 2 N–H and O–H groups in total. The van der Waals surface area contributed by atoms with Crippen molar-refractivity contribution < 1.29 is 21.6 Å². The second-order valence-electron chi connectivity index (χ2n) is 7.25. The van der Waals surface area contributed by atoms with E-state index in [0.29, 0.717) is 5.69 Å². The van der Waals surface area contributed by atoms with E-state index in [-0.39, 0.29) is 59.6 Å². The Kier molecular flexibility index (Phi) is 4.33. The Balaban J connectivity index is 1.57. The molecule has 3 heterocycles. The monoisotopic (exact) mass is 399 g/mol. The van der Waals surface area contributed by atoms with E-state index in [9.17, 15) is 21.6 Å². The van der Waals surface area contributed by atoms with Crippen LogP contribution in [0.25, 0.3) is 0 Å². The van der Waals surface area contributed by atoms with Gasteiger partial charge in [-0.05, 0) is 12.1 Å². The van der Waals surface area contributed by atoms with Crippen LogP contribution in [0, 0.1) is 0 Å². The number of anilines is 1. The van der Waals surface area contributed by atoms with Gasteiger partial charge in [0.15, 0.2) is 19.7 Å². The number of carbonyl (C=O) groups is 1. The van der Waals surface area contributed by atoms with Crippen molar-refractivity contribution in [2.24, 2.45) is 0 Å². The first-order chi connectivity index (χ1) is 12.2. The molecule has 1 aromatic rings. The highest BCUT2D eigenvalue weighted by atomic mass is 32.2. The first-order valence-electron chi connectivity index (χ1n) is 8.50. The van der Waals surface area contributed by atoms with Crippen LogP contribution in [0.15, 0.2) is 30.3 Å². The van der Waals surface area contributed by atoms with Gasteiger partial charge in [-0.15, -0.1) is 0 Å². The van der Waals surface area contributed by atoms with Gasteiger partial charge in [0.2, 0.25) is 5.91 Å². The number of piperazine rings is 1. The molecule has 3 aliphatic rings. The Labute approximate surface area is 152 Å². The third kappa shape index (κ3) is 3.51. The molecule has 1 amide bonds. The van der Waals surface area contributed by atoms with Gasteiger partial charge < -0.3 is 10.6 Å². The maximum Gasteiger partial charge on any atom is 0.238 e. The number of amides is 1. The summed E-state index contributed by atoms with van der Waals surface area (Å²) in [6, 6.07) is 7.56. The molecule has 0 aliphatic carbocycles. The first-order valence-corrected chi connectivity index (χ1v) is 12.1. The molecule has 10 heteroatoms. The molecule has 3 aliphatic heterocycles. The van der Waals surface area contributed by atoms with Crippen LogP contribution >= 0.6 is 0 Å². The van der Waals surface area contributed by atoms with Crippen molar-refractivity contribution in [3.8, 4) is 0 Å². The highest BCUT2D eigenvalue weighted by Gasteiger charge is 2.54. The van der Waals surface area contributed by atoms with Crippen LogP contribution in [0.4, 0.5) is 5.69 Å². The van der Waals surface area contributed by atoms with Crippen LogP contribution in [0.3, 0.4) is 0 Å².